The molecular weight excluding hydrogens is 751 g/mol. The Bertz CT molecular complexity index is 2660. The summed E-state index contributed by atoms with van der Waals surface area (Å²) >= 11 is 0. The van der Waals surface area contributed by atoms with Gasteiger partial charge < -0.3 is 16.4 Å². The van der Waals surface area contributed by atoms with E-state index in [1.54, 1.807) is 13.0 Å². The third kappa shape index (κ3) is 9.71. The molecule has 11 heteroatoms. The fraction of sp³-hybridized carbons (Fsp3) is 0.143. The van der Waals surface area contributed by atoms with Crippen LogP contribution in [0, 0.1) is 13.8 Å². The van der Waals surface area contributed by atoms with Gasteiger partial charge in [-0.25, -0.2) is 9.97 Å². The number of rotatable bonds is 8. The summed E-state index contributed by atoms with van der Waals surface area (Å²) in [6.45, 7) is 5.02. The molecular formula is C49H53N7O4. The van der Waals surface area contributed by atoms with Crippen LogP contribution in [0.25, 0.3) is 33.2 Å². The highest BCUT2D eigenvalue weighted by atomic mass is 16.1. The summed E-state index contributed by atoms with van der Waals surface area (Å²) in [7, 11) is 0. The highest BCUT2D eigenvalue weighted by Crippen LogP contribution is 2.28. The number of para-hydroxylation sites is 4. The second-order valence-electron chi connectivity index (χ2n) is 13.0. The molecule has 0 saturated carbocycles. The molecule has 0 fully saturated rings. The van der Waals surface area contributed by atoms with Crippen LogP contribution in [0.3, 0.4) is 0 Å². The van der Waals surface area contributed by atoms with Crippen LogP contribution in [0.15, 0.2) is 155 Å². The second kappa shape index (κ2) is 20.2. The van der Waals surface area contributed by atoms with Crippen LogP contribution < -0.4 is 27.2 Å². The molecule has 4 aromatic carbocycles. The zero-order valence-corrected chi connectivity index (χ0v) is 30.9. The number of nitrogens with one attached hydrogen (secondary N) is 2. The molecule has 0 aliphatic heterocycles. The topological polar surface area (TPSA) is 154 Å². The van der Waals surface area contributed by atoms with Gasteiger partial charge in [-0.2, -0.15) is 0 Å². The summed E-state index contributed by atoms with van der Waals surface area (Å²) in [6.07, 6.45) is 0. The number of hydrogen-bond donors (Lipinski definition) is 3. The number of nitrogens with zero attached hydrogens (tertiary/aromatic N) is 4. The van der Waals surface area contributed by atoms with E-state index in [4.69, 9.17) is 5.73 Å². The molecule has 1 amide bonds. The average molecular weight is 804 g/mol. The van der Waals surface area contributed by atoms with E-state index in [9.17, 15) is 19.2 Å². The molecule has 308 valence electrons. The zero-order valence-electron chi connectivity index (χ0n) is 30.9. The van der Waals surface area contributed by atoms with E-state index in [1.807, 2.05) is 143 Å². The minimum Gasteiger partial charge on any atom is -0.364 e. The first-order valence-electron chi connectivity index (χ1n) is 17.8. The molecule has 0 unspecified atom stereocenters. The summed E-state index contributed by atoms with van der Waals surface area (Å²) in [5, 5.41) is 7.17. The fourth-order valence-corrected chi connectivity index (χ4v) is 6.60. The quantitative estimate of drug-likeness (QED) is 0.128. The number of fused-ring (bicyclic) bond motifs is 2. The predicted octanol–water partition coefficient (Wildman–Crippen LogP) is 10.7. The summed E-state index contributed by atoms with van der Waals surface area (Å²) in [5.41, 5.74) is 11.1. The number of carbonyl (C=O) groups excluding carboxylic acids is 2. The van der Waals surface area contributed by atoms with Crippen molar-refractivity contribution in [2.45, 2.75) is 50.5 Å². The van der Waals surface area contributed by atoms with Gasteiger partial charge in [0.25, 0.3) is 5.91 Å². The predicted molar refractivity (Wildman–Crippen MR) is 249 cm³/mol. The van der Waals surface area contributed by atoms with E-state index in [2.05, 4.69) is 20.6 Å². The number of primary amides is 1. The average Bonchev–Trinajstić information content (AvgIpc) is 3.19. The van der Waals surface area contributed by atoms with E-state index in [0.29, 0.717) is 39.4 Å². The fourth-order valence-electron chi connectivity index (χ4n) is 6.60. The number of anilines is 4. The standard InChI is InChI=1S/C23H19N3O2.C22H18N4O2.4CH4/c1-15-13-19-22(23(24-15)16(2)27)20(28)14-21(25-17-9-5-3-6-10-17)26(19)18-11-7-4-8-12-18;1-14-12-17-20(21(24-14)22(23)28)18(27)13-19(25-15-8-4-2-5-9-15)26(17)16-10-6-3-7-11-16;;;;/h3-14,25H,1-2H3;2-13,25H,1H3,(H2,23,28);4*1H4. The molecule has 60 heavy (non-hydrogen) atoms. The van der Waals surface area contributed by atoms with Gasteiger partial charge >= 0.3 is 0 Å². The Morgan fingerprint density at radius 3 is 1.20 bits per heavy atom. The molecule has 4 heterocycles. The maximum atomic E-state index is 13.0. The number of amides is 1. The summed E-state index contributed by atoms with van der Waals surface area (Å²) in [4.78, 5) is 58.5. The first kappa shape index (κ1) is 46.7. The monoisotopic (exact) mass is 803 g/mol. The Labute approximate surface area is 351 Å². The van der Waals surface area contributed by atoms with E-state index >= 15 is 0 Å². The molecule has 11 nitrogen and oxygen atoms in total. The van der Waals surface area contributed by atoms with Gasteiger partial charge in [0.2, 0.25) is 0 Å². The second-order valence-corrected chi connectivity index (χ2v) is 13.0. The Balaban J connectivity index is 0.000000300. The number of hydrogen-bond acceptors (Lipinski definition) is 8. The number of Topliss-reactive ketones (excluding diaryl/α,β-unsaturated/α-hetero) is 1. The molecule has 4 aromatic heterocycles. The van der Waals surface area contributed by atoms with Crippen LogP contribution in [-0.2, 0) is 0 Å². The van der Waals surface area contributed by atoms with Crippen molar-refractivity contribution in [2.24, 2.45) is 5.73 Å². The van der Waals surface area contributed by atoms with Crippen molar-refractivity contribution in [1.29, 1.82) is 0 Å². The molecule has 0 aliphatic carbocycles. The molecule has 8 rings (SSSR count). The third-order valence-electron chi connectivity index (χ3n) is 8.93. The van der Waals surface area contributed by atoms with Crippen LogP contribution in [0.2, 0.25) is 0 Å². The minimum absolute atomic E-state index is 0. The first-order chi connectivity index (χ1) is 27.1. The Hall–Kier alpha value is -7.66. The molecule has 0 spiro atoms. The summed E-state index contributed by atoms with van der Waals surface area (Å²) in [6, 6.07) is 45.2. The lowest BCUT2D eigenvalue weighted by molar-refractivity contribution is 0.0993. The highest BCUT2D eigenvalue weighted by Gasteiger charge is 2.20. The summed E-state index contributed by atoms with van der Waals surface area (Å²) < 4.78 is 3.84. The van der Waals surface area contributed by atoms with Crippen LogP contribution in [0.4, 0.5) is 23.0 Å². The molecule has 0 saturated heterocycles. The third-order valence-corrected chi connectivity index (χ3v) is 8.93. The van der Waals surface area contributed by atoms with Crippen molar-refractivity contribution in [3.8, 4) is 11.4 Å². The molecule has 0 bridgehead atoms. The molecule has 0 aliphatic rings. The lowest BCUT2D eigenvalue weighted by Crippen LogP contribution is -2.20. The van der Waals surface area contributed by atoms with E-state index in [-0.39, 0.29) is 63.1 Å². The van der Waals surface area contributed by atoms with Crippen molar-refractivity contribution in [3.63, 3.8) is 0 Å². The lowest BCUT2D eigenvalue weighted by atomic mass is 10.1. The van der Waals surface area contributed by atoms with Crippen molar-refractivity contribution in [3.05, 3.63) is 189 Å². The van der Waals surface area contributed by atoms with Gasteiger partial charge in [-0.1, -0.05) is 103 Å². The maximum Gasteiger partial charge on any atom is 0.268 e. The van der Waals surface area contributed by atoms with Crippen LogP contribution in [0.1, 0.15) is 69.0 Å². The SMILES string of the molecule is C.C.C.C.CC(=O)c1nc(C)cc2c1c(=O)cc(Nc1ccccc1)n2-c1ccccc1.Cc1cc2c(c(C(N)=O)n1)c(=O)cc(Nc1ccccc1)n2-c1ccccc1. The summed E-state index contributed by atoms with van der Waals surface area (Å²) in [5.74, 6) is 0.245. The van der Waals surface area contributed by atoms with E-state index in [1.165, 1.54) is 19.1 Å². The van der Waals surface area contributed by atoms with Crippen molar-refractivity contribution in [1.82, 2.24) is 19.1 Å². The van der Waals surface area contributed by atoms with Gasteiger partial charge in [-0.15, -0.1) is 0 Å². The number of ketones is 1. The largest absolute Gasteiger partial charge is 0.364 e. The zero-order chi connectivity index (χ0) is 39.3. The normalized spacial score (nSPS) is 10.1. The number of pyridine rings is 4. The van der Waals surface area contributed by atoms with Gasteiger partial charge in [-0.05, 0) is 74.5 Å². The van der Waals surface area contributed by atoms with Gasteiger partial charge in [0.15, 0.2) is 16.6 Å². The van der Waals surface area contributed by atoms with Crippen molar-refractivity contribution in [2.75, 3.05) is 10.6 Å². The number of aromatic nitrogens is 4. The molecule has 0 atom stereocenters. The molecule has 8 aromatic rings. The van der Waals surface area contributed by atoms with E-state index in [0.717, 1.165) is 22.7 Å². The highest BCUT2D eigenvalue weighted by molar-refractivity contribution is 6.06. The molecule has 0 radical (unpaired) electrons. The maximum absolute atomic E-state index is 13.0. The number of carbonyl (C=O) groups is 2. The van der Waals surface area contributed by atoms with Gasteiger partial charge in [0.1, 0.15) is 23.0 Å². The Morgan fingerprint density at radius 2 is 0.850 bits per heavy atom. The Morgan fingerprint density at radius 1 is 0.517 bits per heavy atom. The number of benzene rings is 4. The van der Waals surface area contributed by atoms with Crippen LogP contribution >= 0.6 is 0 Å². The smallest absolute Gasteiger partial charge is 0.268 e. The van der Waals surface area contributed by atoms with Gasteiger partial charge in [0, 0.05) is 53.2 Å². The van der Waals surface area contributed by atoms with Crippen LogP contribution in [-0.4, -0.2) is 30.8 Å². The first-order valence-corrected chi connectivity index (χ1v) is 17.8. The lowest BCUT2D eigenvalue weighted by Gasteiger charge is -2.19. The Kier molecular flexibility index (Phi) is 15.7. The van der Waals surface area contributed by atoms with Gasteiger partial charge in [-0.3, -0.25) is 28.3 Å². The van der Waals surface area contributed by atoms with Crippen LogP contribution in [0.5, 0.6) is 0 Å². The van der Waals surface area contributed by atoms with Crippen molar-refractivity contribution >= 4 is 56.5 Å². The number of aryl methyl sites for hydroxylation is 2. The minimum atomic E-state index is -0.728. The molecule has 4 N–H and O–H groups in total. The number of nitrogens with two attached hydrogens (primary N) is 1. The van der Waals surface area contributed by atoms with E-state index < -0.39 is 5.91 Å². The van der Waals surface area contributed by atoms with Crippen molar-refractivity contribution < 1.29 is 9.59 Å². The van der Waals surface area contributed by atoms with Gasteiger partial charge in [0.05, 0.1) is 21.8 Å².